The van der Waals surface area contributed by atoms with Crippen LogP contribution in [0.5, 0.6) is 0 Å². The molecule has 0 unspecified atom stereocenters. The number of nitrogens with two attached hydrogens (primary N) is 1. The lowest BCUT2D eigenvalue weighted by molar-refractivity contribution is 0.565. The molecular weight excluding hydrogens is 216 g/mol. The van der Waals surface area contributed by atoms with E-state index in [0.29, 0.717) is 11.3 Å². The van der Waals surface area contributed by atoms with E-state index in [1.54, 1.807) is 24.4 Å². The van der Waals surface area contributed by atoms with Gasteiger partial charge in [0.25, 0.3) is 5.56 Å². The SMILES string of the molecule is Cl.NCc1cccn(-c2ccoc2)c1=O. The van der Waals surface area contributed by atoms with Crippen LogP contribution in [0.4, 0.5) is 0 Å². The predicted molar refractivity (Wildman–Crippen MR) is 59.4 cm³/mol. The number of pyridine rings is 1. The van der Waals surface area contributed by atoms with E-state index in [1.807, 2.05) is 0 Å². The first-order valence-electron chi connectivity index (χ1n) is 4.26. The lowest BCUT2D eigenvalue weighted by Crippen LogP contribution is -2.22. The van der Waals surface area contributed by atoms with E-state index < -0.39 is 0 Å². The van der Waals surface area contributed by atoms with E-state index in [1.165, 1.54) is 17.1 Å². The first kappa shape index (κ1) is 11.6. The minimum Gasteiger partial charge on any atom is -0.470 e. The number of halogens is 1. The molecule has 0 aliphatic heterocycles. The zero-order valence-electron chi connectivity index (χ0n) is 7.92. The molecule has 0 amide bonds. The third kappa shape index (κ3) is 2.11. The van der Waals surface area contributed by atoms with Gasteiger partial charge in [-0.15, -0.1) is 12.4 Å². The fourth-order valence-electron chi connectivity index (χ4n) is 1.29. The third-order valence-electron chi connectivity index (χ3n) is 2.03. The molecule has 15 heavy (non-hydrogen) atoms. The minimum atomic E-state index is -0.101. The lowest BCUT2D eigenvalue weighted by Gasteiger charge is -2.03. The highest BCUT2D eigenvalue weighted by molar-refractivity contribution is 5.85. The number of aromatic nitrogens is 1. The van der Waals surface area contributed by atoms with Crippen LogP contribution in [0.3, 0.4) is 0 Å². The summed E-state index contributed by atoms with van der Waals surface area (Å²) >= 11 is 0. The Bertz CT molecular complexity index is 476. The molecule has 2 aromatic heterocycles. The van der Waals surface area contributed by atoms with Crippen molar-refractivity contribution in [3.8, 4) is 5.69 Å². The normalized spacial score (nSPS) is 9.67. The number of rotatable bonds is 2. The molecule has 80 valence electrons. The third-order valence-corrected chi connectivity index (χ3v) is 2.03. The van der Waals surface area contributed by atoms with Gasteiger partial charge >= 0.3 is 0 Å². The average Bonchev–Trinajstić information content (AvgIpc) is 2.71. The number of hydrogen-bond acceptors (Lipinski definition) is 3. The first-order valence-corrected chi connectivity index (χ1v) is 4.26. The molecule has 0 bridgehead atoms. The molecular formula is C10H11ClN2O2. The van der Waals surface area contributed by atoms with Gasteiger partial charge < -0.3 is 10.2 Å². The van der Waals surface area contributed by atoms with E-state index in [0.717, 1.165) is 0 Å². The van der Waals surface area contributed by atoms with E-state index in [4.69, 9.17) is 10.2 Å². The molecule has 5 heteroatoms. The molecule has 0 radical (unpaired) electrons. The maximum Gasteiger partial charge on any atom is 0.259 e. The van der Waals surface area contributed by atoms with Crippen LogP contribution in [-0.2, 0) is 6.54 Å². The molecule has 0 spiro atoms. The molecule has 2 aromatic rings. The van der Waals surface area contributed by atoms with Crippen molar-refractivity contribution in [1.29, 1.82) is 0 Å². The van der Waals surface area contributed by atoms with Crippen molar-refractivity contribution in [3.05, 3.63) is 52.8 Å². The molecule has 0 saturated heterocycles. The van der Waals surface area contributed by atoms with Crippen LogP contribution in [0.15, 0.2) is 46.1 Å². The van der Waals surface area contributed by atoms with Crippen molar-refractivity contribution >= 4 is 12.4 Å². The highest BCUT2D eigenvalue weighted by Crippen LogP contribution is 2.05. The Morgan fingerprint density at radius 3 is 2.80 bits per heavy atom. The van der Waals surface area contributed by atoms with Gasteiger partial charge in [0.15, 0.2) is 0 Å². The summed E-state index contributed by atoms with van der Waals surface area (Å²) in [6.45, 7) is 0.248. The Morgan fingerprint density at radius 2 is 2.20 bits per heavy atom. The molecule has 0 atom stereocenters. The Kier molecular flexibility index (Phi) is 3.71. The van der Waals surface area contributed by atoms with Gasteiger partial charge in [-0.1, -0.05) is 6.07 Å². The van der Waals surface area contributed by atoms with Crippen LogP contribution >= 0.6 is 12.4 Å². The maximum absolute atomic E-state index is 11.7. The topological polar surface area (TPSA) is 61.2 Å². The Balaban J connectivity index is 0.00000112. The quantitative estimate of drug-likeness (QED) is 0.840. The van der Waals surface area contributed by atoms with E-state index in [-0.39, 0.29) is 24.5 Å². The number of nitrogens with zero attached hydrogens (tertiary/aromatic N) is 1. The summed E-state index contributed by atoms with van der Waals surface area (Å²) in [5, 5.41) is 0. The molecule has 0 fully saturated rings. The lowest BCUT2D eigenvalue weighted by atomic mass is 10.3. The molecule has 2 heterocycles. The van der Waals surface area contributed by atoms with Crippen LogP contribution in [0.2, 0.25) is 0 Å². The van der Waals surface area contributed by atoms with Gasteiger partial charge in [-0.25, -0.2) is 0 Å². The van der Waals surface area contributed by atoms with Gasteiger partial charge in [-0.2, -0.15) is 0 Å². The predicted octanol–water partition coefficient (Wildman–Crippen LogP) is 1.31. The molecule has 0 aliphatic rings. The Labute approximate surface area is 92.7 Å². The molecule has 4 nitrogen and oxygen atoms in total. The van der Waals surface area contributed by atoms with Gasteiger partial charge in [-0.05, 0) is 6.07 Å². The van der Waals surface area contributed by atoms with Gasteiger partial charge in [0.2, 0.25) is 0 Å². The zero-order chi connectivity index (χ0) is 9.97. The smallest absolute Gasteiger partial charge is 0.259 e. The van der Waals surface area contributed by atoms with Gasteiger partial charge in [0.1, 0.15) is 6.26 Å². The first-order chi connectivity index (χ1) is 6.83. The van der Waals surface area contributed by atoms with Crippen molar-refractivity contribution in [2.75, 3.05) is 0 Å². The van der Waals surface area contributed by atoms with Crippen LogP contribution in [0.1, 0.15) is 5.56 Å². The monoisotopic (exact) mass is 226 g/mol. The summed E-state index contributed by atoms with van der Waals surface area (Å²) < 4.78 is 6.41. The summed E-state index contributed by atoms with van der Waals surface area (Å²) in [7, 11) is 0. The fraction of sp³-hybridized carbons (Fsp3) is 0.100. The fourth-order valence-corrected chi connectivity index (χ4v) is 1.29. The van der Waals surface area contributed by atoms with Crippen molar-refractivity contribution < 1.29 is 4.42 Å². The van der Waals surface area contributed by atoms with Crippen molar-refractivity contribution in [2.24, 2.45) is 5.73 Å². The molecule has 0 saturated carbocycles. The highest BCUT2D eigenvalue weighted by Gasteiger charge is 2.03. The van der Waals surface area contributed by atoms with Crippen LogP contribution in [0.25, 0.3) is 5.69 Å². The summed E-state index contributed by atoms with van der Waals surface area (Å²) in [6.07, 6.45) is 4.73. The maximum atomic E-state index is 11.7. The Hall–Kier alpha value is -1.52. The highest BCUT2D eigenvalue weighted by atomic mass is 35.5. The molecule has 0 aromatic carbocycles. The van der Waals surface area contributed by atoms with E-state index in [2.05, 4.69) is 0 Å². The second kappa shape index (κ2) is 4.82. The summed E-state index contributed by atoms with van der Waals surface area (Å²) in [6, 6.07) is 5.23. The summed E-state index contributed by atoms with van der Waals surface area (Å²) in [5.74, 6) is 0. The largest absolute Gasteiger partial charge is 0.470 e. The molecule has 0 aliphatic carbocycles. The number of hydrogen-bond donors (Lipinski definition) is 1. The van der Waals surface area contributed by atoms with Crippen molar-refractivity contribution in [3.63, 3.8) is 0 Å². The van der Waals surface area contributed by atoms with Gasteiger partial charge in [0, 0.05) is 24.4 Å². The van der Waals surface area contributed by atoms with Gasteiger partial charge in [-0.3, -0.25) is 9.36 Å². The Morgan fingerprint density at radius 1 is 1.40 bits per heavy atom. The second-order valence-corrected chi connectivity index (χ2v) is 2.89. The average molecular weight is 227 g/mol. The summed E-state index contributed by atoms with van der Waals surface area (Å²) in [5.41, 5.74) is 6.64. The van der Waals surface area contributed by atoms with Gasteiger partial charge in [0.05, 0.1) is 12.0 Å². The number of furan rings is 1. The summed E-state index contributed by atoms with van der Waals surface area (Å²) in [4.78, 5) is 11.7. The van der Waals surface area contributed by atoms with Crippen molar-refractivity contribution in [2.45, 2.75) is 6.54 Å². The zero-order valence-corrected chi connectivity index (χ0v) is 8.74. The second-order valence-electron chi connectivity index (χ2n) is 2.89. The van der Waals surface area contributed by atoms with E-state index >= 15 is 0 Å². The molecule has 2 N–H and O–H groups in total. The van der Waals surface area contributed by atoms with Crippen LogP contribution in [0, 0.1) is 0 Å². The molecule has 2 rings (SSSR count). The van der Waals surface area contributed by atoms with Crippen LogP contribution in [-0.4, -0.2) is 4.57 Å². The minimum absolute atomic E-state index is 0. The van der Waals surface area contributed by atoms with Crippen molar-refractivity contribution in [1.82, 2.24) is 4.57 Å². The van der Waals surface area contributed by atoms with Crippen LogP contribution < -0.4 is 11.3 Å². The standard InChI is InChI=1S/C10H10N2O2.ClH/c11-6-8-2-1-4-12(10(8)13)9-3-5-14-7-9;/h1-5,7H,6,11H2;1H. The van der Waals surface area contributed by atoms with E-state index in [9.17, 15) is 4.79 Å².